The van der Waals surface area contributed by atoms with Gasteiger partial charge in [-0.05, 0) is 92.6 Å². The average molecular weight is 585 g/mol. The van der Waals surface area contributed by atoms with Gasteiger partial charge in [-0.25, -0.2) is 0 Å². The molecule has 0 bridgehead atoms. The molecule has 8 nitrogen and oxygen atoms in total. The normalized spacial score (nSPS) is 16.2. The van der Waals surface area contributed by atoms with Crippen LogP contribution in [0.15, 0.2) is 72.8 Å². The molecule has 4 rings (SSSR count). The van der Waals surface area contributed by atoms with Crippen LogP contribution < -0.4 is 26.8 Å². The molecular weight excluding hydrogens is 540 g/mol. The molecule has 1 aliphatic carbocycles. The Balaban J connectivity index is 1.38. The number of ether oxygens (including phenoxy) is 1. The Morgan fingerprint density at radius 1 is 0.930 bits per heavy atom. The summed E-state index contributed by atoms with van der Waals surface area (Å²) < 4.78 is 5.85. The lowest BCUT2D eigenvalue weighted by molar-refractivity contribution is -0.139. The zero-order valence-electron chi connectivity index (χ0n) is 25.2. The van der Waals surface area contributed by atoms with Crippen LogP contribution in [-0.2, 0) is 33.6 Å². The summed E-state index contributed by atoms with van der Waals surface area (Å²) in [4.78, 5) is 39.4. The molecule has 3 aromatic rings. The topological polar surface area (TPSA) is 137 Å². The lowest BCUT2D eigenvalue weighted by Gasteiger charge is -2.23. The molecule has 4 atom stereocenters. The van der Waals surface area contributed by atoms with Gasteiger partial charge in [-0.15, -0.1) is 0 Å². The molecule has 0 aliphatic heterocycles. The number of nitrogens with two attached hydrogens (primary N) is 2. The minimum absolute atomic E-state index is 0.0665. The van der Waals surface area contributed by atoms with Gasteiger partial charge in [0.05, 0.1) is 24.2 Å². The molecule has 0 radical (unpaired) electrons. The second-order valence-electron chi connectivity index (χ2n) is 11.3. The first-order valence-corrected chi connectivity index (χ1v) is 15.2. The molecule has 0 amide bonds. The van der Waals surface area contributed by atoms with E-state index in [-0.39, 0.29) is 18.4 Å². The summed E-state index contributed by atoms with van der Waals surface area (Å²) in [5, 5.41) is 6.52. The predicted molar refractivity (Wildman–Crippen MR) is 169 cm³/mol. The van der Waals surface area contributed by atoms with Crippen LogP contribution in [0.5, 0.6) is 5.75 Å². The highest BCUT2D eigenvalue weighted by Crippen LogP contribution is 2.34. The van der Waals surface area contributed by atoms with E-state index in [0.717, 1.165) is 24.0 Å². The smallest absolute Gasteiger partial charge is 0.237 e. The van der Waals surface area contributed by atoms with E-state index in [1.807, 2.05) is 55.6 Å². The van der Waals surface area contributed by atoms with Crippen molar-refractivity contribution in [3.63, 3.8) is 0 Å². The van der Waals surface area contributed by atoms with Crippen molar-refractivity contribution < 1.29 is 19.1 Å². The van der Waals surface area contributed by atoms with E-state index in [9.17, 15) is 14.4 Å². The molecule has 0 saturated heterocycles. The fourth-order valence-electron chi connectivity index (χ4n) is 5.83. The van der Waals surface area contributed by atoms with Gasteiger partial charge in [0, 0.05) is 0 Å². The molecule has 1 aliphatic rings. The third kappa shape index (κ3) is 8.45. The SMILES string of the molecule is CNC1c2ccccc2CCc2cc(OCC(=O)C(=O)[C@H](CCCCN)NC(C)C(=O)[C@@H](N)Cc3ccccc3)ccc21. The van der Waals surface area contributed by atoms with E-state index >= 15 is 0 Å². The lowest BCUT2D eigenvalue weighted by atomic mass is 9.95. The predicted octanol–water partition coefficient (Wildman–Crippen LogP) is 3.23. The highest BCUT2D eigenvalue weighted by Gasteiger charge is 2.30. The summed E-state index contributed by atoms with van der Waals surface area (Å²) in [6, 6.07) is 21.6. The maximum absolute atomic E-state index is 13.3. The van der Waals surface area contributed by atoms with Gasteiger partial charge in [-0.3, -0.25) is 19.7 Å². The number of carbonyl (C=O) groups is 3. The average Bonchev–Trinajstić information content (AvgIpc) is 3.19. The Morgan fingerprint density at radius 2 is 1.63 bits per heavy atom. The van der Waals surface area contributed by atoms with Gasteiger partial charge < -0.3 is 21.5 Å². The highest BCUT2D eigenvalue weighted by molar-refractivity contribution is 6.39. The van der Waals surface area contributed by atoms with Gasteiger partial charge >= 0.3 is 0 Å². The number of unbranched alkanes of at least 4 members (excludes halogenated alkanes) is 1. The number of hydrogen-bond acceptors (Lipinski definition) is 8. The zero-order chi connectivity index (χ0) is 30.8. The first-order chi connectivity index (χ1) is 20.8. The molecule has 0 spiro atoms. The number of aryl methyl sites for hydroxylation is 2. The Morgan fingerprint density at radius 3 is 2.37 bits per heavy atom. The summed E-state index contributed by atoms with van der Waals surface area (Å²) in [6.07, 6.45) is 3.89. The van der Waals surface area contributed by atoms with Gasteiger partial charge in [0.1, 0.15) is 5.75 Å². The Kier molecular flexibility index (Phi) is 11.8. The Bertz CT molecular complexity index is 1390. The van der Waals surface area contributed by atoms with E-state index in [4.69, 9.17) is 16.2 Å². The fourth-order valence-corrected chi connectivity index (χ4v) is 5.83. The fraction of sp³-hybridized carbons (Fsp3) is 0.400. The highest BCUT2D eigenvalue weighted by atomic mass is 16.5. The molecule has 0 heterocycles. The van der Waals surface area contributed by atoms with Crippen LogP contribution in [0.4, 0.5) is 0 Å². The minimum Gasteiger partial charge on any atom is -0.485 e. The number of fused-ring (bicyclic) bond motifs is 2. The van der Waals surface area contributed by atoms with Crippen molar-refractivity contribution in [3.8, 4) is 5.75 Å². The first kappa shape index (κ1) is 32.2. The number of rotatable bonds is 16. The van der Waals surface area contributed by atoms with Crippen molar-refractivity contribution in [2.45, 2.75) is 69.6 Å². The van der Waals surface area contributed by atoms with Crippen molar-refractivity contribution in [1.82, 2.24) is 10.6 Å². The van der Waals surface area contributed by atoms with Crippen LogP contribution in [0.2, 0.25) is 0 Å². The summed E-state index contributed by atoms with van der Waals surface area (Å²) >= 11 is 0. The molecule has 0 aromatic heterocycles. The van der Waals surface area contributed by atoms with Crippen LogP contribution in [-0.4, -0.2) is 55.7 Å². The number of Topliss-reactive ketones (excluding diaryl/α,β-unsaturated/α-hetero) is 3. The van der Waals surface area contributed by atoms with E-state index in [1.165, 1.54) is 16.7 Å². The van der Waals surface area contributed by atoms with E-state index in [2.05, 4.69) is 34.9 Å². The summed E-state index contributed by atoms with van der Waals surface area (Å²) in [5.41, 5.74) is 17.7. The molecule has 43 heavy (non-hydrogen) atoms. The third-order valence-corrected chi connectivity index (χ3v) is 8.19. The number of hydrogen-bond donors (Lipinski definition) is 4. The zero-order valence-corrected chi connectivity index (χ0v) is 25.2. The monoisotopic (exact) mass is 584 g/mol. The molecule has 228 valence electrons. The van der Waals surface area contributed by atoms with Gasteiger partial charge in [0.25, 0.3) is 0 Å². The quantitative estimate of drug-likeness (QED) is 0.149. The molecular formula is C35H44N4O4. The Labute approximate surface area is 254 Å². The minimum atomic E-state index is -0.826. The van der Waals surface area contributed by atoms with E-state index in [0.29, 0.717) is 38.0 Å². The third-order valence-electron chi connectivity index (χ3n) is 8.19. The van der Waals surface area contributed by atoms with Crippen LogP contribution in [0.25, 0.3) is 0 Å². The number of carbonyl (C=O) groups excluding carboxylic acids is 3. The number of nitrogens with one attached hydrogen (secondary N) is 2. The van der Waals surface area contributed by atoms with Crippen molar-refractivity contribution in [3.05, 3.63) is 101 Å². The van der Waals surface area contributed by atoms with Crippen molar-refractivity contribution in [2.75, 3.05) is 20.2 Å². The molecule has 2 unspecified atom stereocenters. The van der Waals surface area contributed by atoms with Crippen LogP contribution in [0.3, 0.4) is 0 Å². The van der Waals surface area contributed by atoms with E-state index in [1.54, 1.807) is 6.92 Å². The van der Waals surface area contributed by atoms with Crippen LogP contribution in [0.1, 0.15) is 60.0 Å². The second kappa shape index (κ2) is 15.7. The van der Waals surface area contributed by atoms with E-state index < -0.39 is 29.7 Å². The molecule has 6 N–H and O–H groups in total. The molecule has 3 aromatic carbocycles. The van der Waals surface area contributed by atoms with Crippen molar-refractivity contribution in [1.29, 1.82) is 0 Å². The number of ketones is 3. The molecule has 0 saturated carbocycles. The molecule has 0 fully saturated rings. The summed E-state index contributed by atoms with van der Waals surface area (Å²) in [7, 11) is 1.95. The van der Waals surface area contributed by atoms with Crippen molar-refractivity contribution in [2.24, 2.45) is 11.5 Å². The first-order valence-electron chi connectivity index (χ1n) is 15.2. The molecule has 8 heteroatoms. The summed E-state index contributed by atoms with van der Waals surface area (Å²) in [6.45, 7) is 1.79. The second-order valence-corrected chi connectivity index (χ2v) is 11.3. The van der Waals surface area contributed by atoms with Gasteiger partial charge in [0.15, 0.2) is 12.4 Å². The van der Waals surface area contributed by atoms with Crippen LogP contribution in [0, 0.1) is 0 Å². The van der Waals surface area contributed by atoms with Gasteiger partial charge in [-0.1, -0.05) is 67.1 Å². The maximum atomic E-state index is 13.3. The summed E-state index contributed by atoms with van der Waals surface area (Å²) in [5.74, 6) is -0.914. The van der Waals surface area contributed by atoms with Gasteiger partial charge in [-0.2, -0.15) is 0 Å². The van der Waals surface area contributed by atoms with Crippen LogP contribution >= 0.6 is 0 Å². The number of benzene rings is 3. The Hall–Kier alpha value is -3.69. The standard InChI is InChI=1S/C35H44N4O4/c1-23(34(41)30(37)20-24-10-4-3-5-11-24)39-31(14-8-9-19-36)35(42)32(40)22-43-27-17-18-29-26(21-27)16-15-25-12-6-7-13-28(25)33(29)38-2/h3-7,10-13,17-18,21,23,30-31,33,38-39H,8-9,14-16,19-20,22,36-37H2,1-2H3/t23?,30-,31-,33?/m0/s1. The maximum Gasteiger partial charge on any atom is 0.237 e. The van der Waals surface area contributed by atoms with Gasteiger partial charge in [0.2, 0.25) is 11.6 Å². The largest absolute Gasteiger partial charge is 0.485 e. The lowest BCUT2D eigenvalue weighted by Crippen LogP contribution is -2.52. The van der Waals surface area contributed by atoms with Crippen molar-refractivity contribution >= 4 is 17.3 Å².